The van der Waals surface area contributed by atoms with E-state index < -0.39 is 12.8 Å². The number of nitrogen functional groups attached to an aromatic ring is 2. The number of hydrogen-bond acceptors (Lipinski definition) is 5. The molecule has 4 N–H and O–H groups in total. The number of hydrogen-bond donors (Lipinski definition) is 2. The van der Waals surface area contributed by atoms with Crippen molar-refractivity contribution in [3.63, 3.8) is 0 Å². The predicted molar refractivity (Wildman–Crippen MR) is 101 cm³/mol. The van der Waals surface area contributed by atoms with Crippen molar-refractivity contribution in [2.45, 2.75) is 12.7 Å². The first-order chi connectivity index (χ1) is 13.3. The first-order valence-corrected chi connectivity index (χ1v) is 8.39. The molecule has 0 unspecified atom stereocenters. The van der Waals surface area contributed by atoms with E-state index in [1.807, 2.05) is 29.0 Å². The fraction of sp³-hybridized carbons (Fsp3) is 0.158. The summed E-state index contributed by atoms with van der Waals surface area (Å²) < 4.78 is 43.4. The normalized spacial score (nSPS) is 12.0. The van der Waals surface area contributed by atoms with Crippen LogP contribution in [0.5, 0.6) is 5.75 Å². The first kappa shape index (κ1) is 17.9. The number of benzene rings is 2. The second kappa shape index (κ2) is 6.59. The monoisotopic (exact) mass is 387 g/mol. The van der Waals surface area contributed by atoms with Crippen molar-refractivity contribution in [1.82, 2.24) is 14.5 Å². The van der Waals surface area contributed by atoms with Gasteiger partial charge in [-0.15, -0.1) is 0 Å². The molecule has 0 fully saturated rings. The van der Waals surface area contributed by atoms with Gasteiger partial charge < -0.3 is 20.8 Å². The molecule has 0 aliphatic heterocycles. The molecule has 0 amide bonds. The summed E-state index contributed by atoms with van der Waals surface area (Å²) in [6, 6.07) is 12.2. The zero-order valence-corrected chi connectivity index (χ0v) is 14.6. The number of fused-ring (bicyclic) bond motifs is 3. The van der Waals surface area contributed by atoms with E-state index in [1.165, 1.54) is 12.1 Å². The zero-order valence-electron chi connectivity index (χ0n) is 14.6. The number of alkyl halides is 3. The van der Waals surface area contributed by atoms with E-state index in [0.717, 1.165) is 21.9 Å². The quantitative estimate of drug-likeness (QED) is 0.557. The van der Waals surface area contributed by atoms with Gasteiger partial charge in [0.15, 0.2) is 6.61 Å². The van der Waals surface area contributed by atoms with Crippen LogP contribution in [0.25, 0.3) is 21.8 Å². The van der Waals surface area contributed by atoms with Crippen LogP contribution in [0.4, 0.5) is 24.9 Å². The molecule has 0 spiro atoms. The lowest BCUT2D eigenvalue weighted by Gasteiger charge is -2.10. The standard InChI is InChI=1S/C19H16F3N5O/c20-19(21,22)10-28-12-3-1-11(2-4-12)9-27-8-7-13-15(27)6-5-14-16(13)17(23)26-18(24)25-14/h1-8H,9-10H2,(H4,23,24,25,26). The van der Waals surface area contributed by atoms with Gasteiger partial charge in [0, 0.05) is 23.6 Å². The van der Waals surface area contributed by atoms with Crippen LogP contribution in [-0.4, -0.2) is 27.3 Å². The van der Waals surface area contributed by atoms with E-state index in [0.29, 0.717) is 17.9 Å². The number of halogens is 3. The highest BCUT2D eigenvalue weighted by Crippen LogP contribution is 2.29. The number of anilines is 2. The Bertz CT molecular complexity index is 1150. The van der Waals surface area contributed by atoms with Crippen molar-refractivity contribution in [1.29, 1.82) is 0 Å². The van der Waals surface area contributed by atoms with Crippen molar-refractivity contribution in [3.05, 3.63) is 54.2 Å². The smallest absolute Gasteiger partial charge is 0.422 e. The minimum atomic E-state index is -4.36. The first-order valence-electron chi connectivity index (χ1n) is 8.39. The Balaban J connectivity index is 1.61. The Kier molecular flexibility index (Phi) is 4.21. The highest BCUT2D eigenvalue weighted by Gasteiger charge is 2.28. The molecule has 0 bridgehead atoms. The topological polar surface area (TPSA) is 92.0 Å². The molecule has 4 rings (SSSR count). The van der Waals surface area contributed by atoms with Gasteiger partial charge >= 0.3 is 6.18 Å². The molecule has 0 aliphatic rings. The van der Waals surface area contributed by atoms with Crippen LogP contribution in [0.2, 0.25) is 0 Å². The Labute approximate surface area is 157 Å². The number of rotatable bonds is 4. The van der Waals surface area contributed by atoms with Crippen LogP contribution in [-0.2, 0) is 6.54 Å². The van der Waals surface area contributed by atoms with Gasteiger partial charge in [0.25, 0.3) is 0 Å². The third kappa shape index (κ3) is 3.51. The second-order valence-corrected chi connectivity index (χ2v) is 6.35. The van der Waals surface area contributed by atoms with Crippen molar-refractivity contribution in [2.24, 2.45) is 0 Å². The molecule has 0 atom stereocenters. The van der Waals surface area contributed by atoms with Crippen LogP contribution in [0.15, 0.2) is 48.7 Å². The minimum absolute atomic E-state index is 0.122. The molecular formula is C19H16F3N5O. The van der Waals surface area contributed by atoms with Gasteiger partial charge in [0.2, 0.25) is 5.95 Å². The second-order valence-electron chi connectivity index (χ2n) is 6.35. The Morgan fingerprint density at radius 3 is 2.43 bits per heavy atom. The van der Waals surface area contributed by atoms with Crippen LogP contribution in [0.3, 0.4) is 0 Å². The highest BCUT2D eigenvalue weighted by atomic mass is 19.4. The summed E-state index contributed by atoms with van der Waals surface area (Å²) in [6.07, 6.45) is -2.45. The van der Waals surface area contributed by atoms with Crippen LogP contribution in [0.1, 0.15) is 5.56 Å². The number of nitrogens with zero attached hydrogens (tertiary/aromatic N) is 3. The van der Waals surface area contributed by atoms with E-state index in [1.54, 1.807) is 12.1 Å². The average Bonchev–Trinajstić information content (AvgIpc) is 3.03. The summed E-state index contributed by atoms with van der Waals surface area (Å²) in [7, 11) is 0. The maximum absolute atomic E-state index is 12.2. The highest BCUT2D eigenvalue weighted by molar-refractivity contribution is 6.10. The Morgan fingerprint density at radius 2 is 1.71 bits per heavy atom. The van der Waals surface area contributed by atoms with E-state index >= 15 is 0 Å². The lowest BCUT2D eigenvalue weighted by molar-refractivity contribution is -0.153. The van der Waals surface area contributed by atoms with Gasteiger partial charge in [-0.05, 0) is 35.9 Å². The fourth-order valence-electron chi connectivity index (χ4n) is 3.14. The molecule has 2 heterocycles. The van der Waals surface area contributed by atoms with E-state index in [-0.39, 0.29) is 11.7 Å². The lowest BCUT2D eigenvalue weighted by Crippen LogP contribution is -2.19. The number of aromatic nitrogens is 3. The van der Waals surface area contributed by atoms with Crippen molar-refractivity contribution < 1.29 is 17.9 Å². The lowest BCUT2D eigenvalue weighted by atomic mass is 10.1. The summed E-state index contributed by atoms with van der Waals surface area (Å²) in [5, 5.41) is 1.64. The summed E-state index contributed by atoms with van der Waals surface area (Å²) in [5.41, 5.74) is 14.2. The summed E-state index contributed by atoms with van der Waals surface area (Å²) in [5.74, 6) is 0.612. The van der Waals surface area contributed by atoms with Crippen LogP contribution < -0.4 is 16.2 Å². The maximum Gasteiger partial charge on any atom is 0.422 e. The predicted octanol–water partition coefficient (Wildman–Crippen LogP) is 3.74. The van der Waals surface area contributed by atoms with E-state index in [4.69, 9.17) is 16.2 Å². The largest absolute Gasteiger partial charge is 0.484 e. The zero-order chi connectivity index (χ0) is 19.9. The number of nitrogens with two attached hydrogens (primary N) is 2. The molecule has 4 aromatic rings. The third-order valence-electron chi connectivity index (χ3n) is 4.34. The van der Waals surface area contributed by atoms with Gasteiger partial charge in [-0.3, -0.25) is 0 Å². The third-order valence-corrected chi connectivity index (χ3v) is 4.34. The van der Waals surface area contributed by atoms with E-state index in [9.17, 15) is 13.2 Å². The molecule has 0 saturated carbocycles. The molecule has 0 saturated heterocycles. The van der Waals surface area contributed by atoms with Gasteiger partial charge in [-0.1, -0.05) is 12.1 Å². The SMILES string of the molecule is Nc1nc(N)c2c(ccc3c2ccn3Cc2ccc(OCC(F)(F)F)cc2)n1. The molecule has 0 aliphatic carbocycles. The van der Waals surface area contributed by atoms with Crippen molar-refractivity contribution in [3.8, 4) is 5.75 Å². The van der Waals surface area contributed by atoms with Crippen molar-refractivity contribution in [2.75, 3.05) is 18.1 Å². The fourth-order valence-corrected chi connectivity index (χ4v) is 3.14. The van der Waals surface area contributed by atoms with Crippen LogP contribution >= 0.6 is 0 Å². The Hall–Kier alpha value is -3.49. The molecule has 0 radical (unpaired) electrons. The van der Waals surface area contributed by atoms with Crippen LogP contribution in [0, 0.1) is 0 Å². The summed E-state index contributed by atoms with van der Waals surface area (Å²) in [4.78, 5) is 8.24. The molecule has 9 heteroatoms. The molecule has 144 valence electrons. The maximum atomic E-state index is 12.2. The Morgan fingerprint density at radius 1 is 0.964 bits per heavy atom. The van der Waals surface area contributed by atoms with Gasteiger partial charge in [-0.2, -0.15) is 18.2 Å². The summed E-state index contributed by atoms with van der Waals surface area (Å²) in [6.45, 7) is -0.778. The number of ether oxygens (including phenoxy) is 1. The molecule has 2 aromatic carbocycles. The molecule has 28 heavy (non-hydrogen) atoms. The van der Waals surface area contributed by atoms with E-state index in [2.05, 4.69) is 9.97 Å². The minimum Gasteiger partial charge on any atom is -0.484 e. The van der Waals surface area contributed by atoms with Gasteiger partial charge in [0.05, 0.1) is 10.9 Å². The van der Waals surface area contributed by atoms with Gasteiger partial charge in [0.1, 0.15) is 11.6 Å². The summed E-state index contributed by atoms with van der Waals surface area (Å²) >= 11 is 0. The van der Waals surface area contributed by atoms with Gasteiger partial charge in [-0.25, -0.2) is 4.98 Å². The molecular weight excluding hydrogens is 371 g/mol. The van der Waals surface area contributed by atoms with Crippen molar-refractivity contribution >= 4 is 33.6 Å². The molecule has 6 nitrogen and oxygen atoms in total. The molecule has 2 aromatic heterocycles. The average molecular weight is 387 g/mol.